The van der Waals surface area contributed by atoms with Crippen LogP contribution in [0.1, 0.15) is 72.9 Å². The van der Waals surface area contributed by atoms with Gasteiger partial charge in [-0.05, 0) is 52.2 Å². The number of methoxy groups -OCH3 is 1. The fourth-order valence-corrected chi connectivity index (χ4v) is 7.77. The molecule has 1 amide bonds. The van der Waals surface area contributed by atoms with Crippen LogP contribution in [-0.2, 0) is 28.5 Å². The van der Waals surface area contributed by atoms with Gasteiger partial charge in [0.1, 0.15) is 47.5 Å². The molecule has 0 spiro atoms. The number of carbonyl (C=O) groups is 4. The summed E-state index contributed by atoms with van der Waals surface area (Å²) in [4.78, 5) is 61.7. The quantitative estimate of drug-likeness (QED) is 0.278. The Morgan fingerprint density at radius 2 is 1.80 bits per heavy atom. The molecule has 4 N–H and O–H groups in total. The molecule has 2 aromatic carbocycles. The smallest absolute Gasteiger partial charge is 0.312 e. The highest BCUT2D eigenvalue weighted by atomic mass is 16.7. The number of allylic oxidation sites excluding steroid dienone is 4. The molecule has 326 valence electrons. The van der Waals surface area contributed by atoms with Crippen LogP contribution in [0.3, 0.4) is 0 Å². The zero-order chi connectivity index (χ0) is 44.5. The van der Waals surface area contributed by atoms with Gasteiger partial charge in [0.25, 0.3) is 11.7 Å². The maximum Gasteiger partial charge on any atom is 0.312 e. The predicted octanol–water partition coefficient (Wildman–Crippen LogP) is 4.74. The van der Waals surface area contributed by atoms with Crippen LogP contribution in [0.5, 0.6) is 23.0 Å². The molecule has 16 heteroatoms. The molecular weight excluding hydrogens is 791 g/mol. The molecule has 4 heterocycles. The lowest BCUT2D eigenvalue weighted by Crippen LogP contribution is -2.41. The van der Waals surface area contributed by atoms with E-state index >= 15 is 0 Å². The average molecular weight is 844 g/mol. The van der Waals surface area contributed by atoms with E-state index in [1.165, 1.54) is 52.4 Å². The number of nitrogens with zero attached hydrogens (tertiary/aromatic N) is 2. The molecule has 2 aromatic rings. The Balaban J connectivity index is 1.52. The number of ketones is 2. The largest absolute Gasteiger partial charge is 0.507 e. The summed E-state index contributed by atoms with van der Waals surface area (Å²) in [6, 6.07) is 4.57. The van der Waals surface area contributed by atoms with Crippen molar-refractivity contribution in [2.75, 3.05) is 34.4 Å². The van der Waals surface area contributed by atoms with Gasteiger partial charge in [-0.25, -0.2) is 4.99 Å². The van der Waals surface area contributed by atoms with Crippen LogP contribution >= 0.6 is 0 Å². The molecule has 1 aliphatic carbocycles. The number of aromatic hydroxyl groups is 2. The Labute approximate surface area is 354 Å². The first-order valence-electron chi connectivity index (χ1n) is 20.0. The average Bonchev–Trinajstić information content (AvgIpc) is 3.65. The number of amides is 1. The number of nitrogens with one attached hydrogen (secondary N) is 1. The molecule has 8 atom stereocenters. The number of likely N-dealkylation sites (N-methyl/N-ethyl adjacent to an activating group) is 1. The minimum absolute atomic E-state index is 0.0361. The Hall–Kier alpha value is -5.81. The highest BCUT2D eigenvalue weighted by Crippen LogP contribution is 2.49. The van der Waals surface area contributed by atoms with E-state index in [0.717, 1.165) is 0 Å². The molecule has 61 heavy (non-hydrogen) atoms. The Morgan fingerprint density at radius 3 is 2.49 bits per heavy atom. The van der Waals surface area contributed by atoms with Gasteiger partial charge in [-0.1, -0.05) is 38.1 Å². The molecule has 5 aliphatic rings. The summed E-state index contributed by atoms with van der Waals surface area (Å²) in [5.41, 5.74) is -0.721. The fraction of sp³-hybridized carbons (Fsp3) is 0.444. The minimum atomic E-state index is -2.05. The number of carbonyl (C=O) groups excluding carboxylic acids is 4. The first kappa shape index (κ1) is 44.7. The van der Waals surface area contributed by atoms with Gasteiger partial charge in [-0.15, -0.1) is 0 Å². The van der Waals surface area contributed by atoms with Crippen LogP contribution in [0.15, 0.2) is 71.1 Å². The Bertz CT molecular complexity index is 2260. The number of para-hydroxylation sites is 1. The van der Waals surface area contributed by atoms with Crippen molar-refractivity contribution in [2.24, 2.45) is 16.8 Å². The molecule has 7 bridgehead atoms. The second-order valence-corrected chi connectivity index (χ2v) is 16.0. The summed E-state index contributed by atoms with van der Waals surface area (Å²) in [5.74, 6) is -6.19. The summed E-state index contributed by atoms with van der Waals surface area (Å²) in [5, 5.41) is 36.8. The van der Waals surface area contributed by atoms with Gasteiger partial charge in [0.2, 0.25) is 5.78 Å². The van der Waals surface area contributed by atoms with Crippen molar-refractivity contribution >= 4 is 34.8 Å². The maximum atomic E-state index is 14.6. The SMILES string of the molecule is CO[C@H]1/C=C/O[C@@]2(C)Oc3c(C)c(O)c4c(c3C2=O)/C(=N/c2c(O)cccc2OCCN(C)C)C=C(NC(=O)/C(C)=C\C=C\[C@H](C)[C@@H]2O[C@H]([C@H](O)[C@@H]2C)[C@H](OC(C)=O)C1)C4=O. The molecular formula is C45H53N3O13. The summed E-state index contributed by atoms with van der Waals surface area (Å²) in [6.45, 7) is 10.1. The first-order valence-corrected chi connectivity index (χ1v) is 20.0. The van der Waals surface area contributed by atoms with E-state index in [-0.39, 0.29) is 87.0 Å². The zero-order valence-corrected chi connectivity index (χ0v) is 35.7. The van der Waals surface area contributed by atoms with Crippen LogP contribution < -0.4 is 14.8 Å². The number of aliphatic hydroxyl groups is 1. The number of rotatable bonds is 7. The van der Waals surface area contributed by atoms with E-state index in [4.69, 9.17) is 33.4 Å². The van der Waals surface area contributed by atoms with Crippen molar-refractivity contribution < 1.29 is 62.9 Å². The Kier molecular flexibility index (Phi) is 13.2. The number of hydrogen-bond donors (Lipinski definition) is 4. The number of hydrogen-bond acceptors (Lipinski definition) is 15. The number of fused-ring (bicyclic) bond motifs is 9. The number of ether oxygens (including phenoxy) is 6. The lowest BCUT2D eigenvalue weighted by Gasteiger charge is -2.28. The van der Waals surface area contributed by atoms with Gasteiger partial charge in [0, 0.05) is 62.5 Å². The number of Topliss-reactive ketones (excluding diaryl/α,β-unsaturated/α-hetero) is 2. The first-order chi connectivity index (χ1) is 28.9. The molecule has 4 aliphatic heterocycles. The topological polar surface area (TPSA) is 212 Å². The third-order valence-electron chi connectivity index (χ3n) is 11.2. The number of phenolic OH excluding ortho intramolecular Hbond substituents is 2. The second-order valence-electron chi connectivity index (χ2n) is 16.0. The van der Waals surface area contributed by atoms with E-state index in [1.54, 1.807) is 31.2 Å². The highest BCUT2D eigenvalue weighted by molar-refractivity contribution is 6.32. The highest BCUT2D eigenvalue weighted by Gasteiger charge is 2.52. The van der Waals surface area contributed by atoms with E-state index in [2.05, 4.69) is 5.32 Å². The van der Waals surface area contributed by atoms with Crippen LogP contribution in [0.2, 0.25) is 0 Å². The maximum absolute atomic E-state index is 14.6. The van der Waals surface area contributed by atoms with E-state index in [1.807, 2.05) is 38.9 Å². The van der Waals surface area contributed by atoms with Crippen LogP contribution in [0, 0.1) is 18.8 Å². The number of esters is 1. The number of benzene rings is 2. The summed E-state index contributed by atoms with van der Waals surface area (Å²) in [7, 11) is 5.18. The number of aliphatic hydroxyl groups excluding tert-OH is 1. The number of phenols is 2. The van der Waals surface area contributed by atoms with Crippen molar-refractivity contribution in [3.05, 3.63) is 88.4 Å². The van der Waals surface area contributed by atoms with Gasteiger partial charge in [0.15, 0.2) is 0 Å². The van der Waals surface area contributed by atoms with E-state index in [0.29, 0.717) is 6.54 Å². The molecule has 16 nitrogen and oxygen atoms in total. The van der Waals surface area contributed by atoms with Gasteiger partial charge in [-0.3, -0.25) is 19.2 Å². The molecule has 7 rings (SSSR count). The molecule has 0 unspecified atom stereocenters. The molecule has 1 fully saturated rings. The Morgan fingerprint density at radius 1 is 1.07 bits per heavy atom. The fourth-order valence-electron chi connectivity index (χ4n) is 7.77. The van der Waals surface area contributed by atoms with E-state index < -0.39 is 65.5 Å². The van der Waals surface area contributed by atoms with Crippen molar-refractivity contribution in [3.63, 3.8) is 0 Å². The van der Waals surface area contributed by atoms with Gasteiger partial charge in [-0.2, -0.15) is 0 Å². The van der Waals surface area contributed by atoms with Crippen molar-refractivity contribution in [1.82, 2.24) is 10.2 Å². The van der Waals surface area contributed by atoms with Gasteiger partial charge >= 0.3 is 11.8 Å². The second kappa shape index (κ2) is 18.0. The molecule has 0 radical (unpaired) electrons. The van der Waals surface area contributed by atoms with Crippen molar-refractivity contribution in [3.8, 4) is 23.0 Å². The third-order valence-corrected chi connectivity index (χ3v) is 11.2. The lowest BCUT2D eigenvalue weighted by atomic mass is 9.83. The van der Waals surface area contributed by atoms with Crippen molar-refractivity contribution in [1.29, 1.82) is 0 Å². The standard InChI is InChI=1S/C45H53N3O13/c1-22-12-10-13-23(2)44(55)47-29-21-28(46-36-30(50)14-11-15-31(36)57-19-17-48(7)8)33-34(39(29)53)37(51)24(3)41-35(33)43(54)45(6,61-41)58-18-16-27(56-9)20-32(59-26(5)49)42-38(52)25(4)40(22)60-42/h10-16,18,21-22,25,27,32,38,40,42,50-52H,17,19-20H2,1-9H3,(H,47,55)/b12-10+,18-16+,23-13-,46-28+/t22-,25-,27-,32+,38+,40-,42-,45-/m0/s1. The predicted molar refractivity (Wildman–Crippen MR) is 222 cm³/mol. The summed E-state index contributed by atoms with van der Waals surface area (Å²) in [6.07, 6.45) is 4.87. The minimum Gasteiger partial charge on any atom is -0.507 e. The monoisotopic (exact) mass is 843 g/mol. The molecule has 1 saturated heterocycles. The lowest BCUT2D eigenvalue weighted by molar-refractivity contribution is -0.161. The van der Waals surface area contributed by atoms with Gasteiger partial charge < -0.3 is 54.0 Å². The zero-order valence-electron chi connectivity index (χ0n) is 35.7. The molecule has 0 aromatic heterocycles. The summed E-state index contributed by atoms with van der Waals surface area (Å²) < 4.78 is 35.9. The van der Waals surface area contributed by atoms with Gasteiger partial charge in [0.05, 0.1) is 47.1 Å². The van der Waals surface area contributed by atoms with Crippen LogP contribution in [0.4, 0.5) is 5.69 Å². The third kappa shape index (κ3) is 8.98. The van der Waals surface area contributed by atoms with Crippen molar-refractivity contribution in [2.45, 2.75) is 84.3 Å². The van der Waals surface area contributed by atoms with Crippen LogP contribution in [-0.4, -0.2) is 120 Å². The van der Waals surface area contributed by atoms with Crippen LogP contribution in [0.25, 0.3) is 0 Å². The van der Waals surface area contributed by atoms with E-state index in [9.17, 15) is 34.5 Å². The normalized spacial score (nSPS) is 30.3. The summed E-state index contributed by atoms with van der Waals surface area (Å²) >= 11 is 0. The molecule has 0 saturated carbocycles. The number of aliphatic imine (C=N–C) groups is 1.